The Morgan fingerprint density at radius 1 is 1.24 bits per heavy atom. The summed E-state index contributed by atoms with van der Waals surface area (Å²) in [4.78, 5) is 24.4. The SMILES string of the molecule is C#CCn1c(=O)c(I)cn(Cc2cn(-c3ccccc3F)nn2)c1=O. The number of halogens is 2. The minimum Gasteiger partial charge on any atom is -0.293 e. The van der Waals surface area contributed by atoms with E-state index in [0.29, 0.717) is 9.26 Å². The largest absolute Gasteiger partial charge is 0.332 e. The van der Waals surface area contributed by atoms with Gasteiger partial charge in [-0.05, 0) is 34.7 Å². The van der Waals surface area contributed by atoms with Crippen molar-refractivity contribution in [2.24, 2.45) is 0 Å². The molecule has 0 amide bonds. The van der Waals surface area contributed by atoms with E-state index in [1.165, 1.54) is 27.7 Å². The molecular formula is C16H11FIN5O2. The molecule has 0 aliphatic carbocycles. The fourth-order valence-electron chi connectivity index (χ4n) is 2.26. The van der Waals surface area contributed by atoms with Crippen molar-refractivity contribution in [3.63, 3.8) is 0 Å². The Balaban J connectivity index is 1.97. The molecule has 0 saturated heterocycles. The Morgan fingerprint density at radius 2 is 2.00 bits per heavy atom. The second kappa shape index (κ2) is 7.02. The molecule has 2 aromatic heterocycles. The number of rotatable bonds is 4. The maximum atomic E-state index is 13.8. The van der Waals surface area contributed by atoms with Crippen molar-refractivity contribution in [1.82, 2.24) is 24.1 Å². The molecule has 0 spiro atoms. The third-order valence-corrected chi connectivity index (χ3v) is 4.16. The topological polar surface area (TPSA) is 74.7 Å². The Labute approximate surface area is 154 Å². The van der Waals surface area contributed by atoms with Crippen LogP contribution in [-0.4, -0.2) is 24.1 Å². The number of aromatic nitrogens is 5. The average molecular weight is 451 g/mol. The highest BCUT2D eigenvalue weighted by atomic mass is 127. The molecule has 0 atom stereocenters. The summed E-state index contributed by atoms with van der Waals surface area (Å²) >= 11 is 1.84. The minimum absolute atomic E-state index is 0.0775. The van der Waals surface area contributed by atoms with Crippen LogP contribution >= 0.6 is 22.6 Å². The smallest absolute Gasteiger partial charge is 0.293 e. The van der Waals surface area contributed by atoms with Gasteiger partial charge in [0.15, 0.2) is 0 Å². The molecule has 0 unspecified atom stereocenters. The van der Waals surface area contributed by atoms with E-state index in [2.05, 4.69) is 16.2 Å². The molecule has 3 rings (SSSR count). The van der Waals surface area contributed by atoms with E-state index in [-0.39, 0.29) is 18.8 Å². The number of hydrogen-bond acceptors (Lipinski definition) is 4. The predicted octanol–water partition coefficient (Wildman–Crippen LogP) is 1.02. The van der Waals surface area contributed by atoms with Gasteiger partial charge in [0.05, 0.1) is 22.9 Å². The number of nitrogens with zero attached hydrogens (tertiary/aromatic N) is 5. The van der Waals surface area contributed by atoms with Gasteiger partial charge in [-0.1, -0.05) is 23.3 Å². The van der Waals surface area contributed by atoms with Crippen LogP contribution in [-0.2, 0) is 13.1 Å². The van der Waals surface area contributed by atoms with E-state index in [0.717, 1.165) is 4.57 Å². The molecule has 0 fully saturated rings. The van der Waals surface area contributed by atoms with Gasteiger partial charge in [0.1, 0.15) is 17.2 Å². The van der Waals surface area contributed by atoms with Crippen molar-refractivity contribution in [2.75, 3.05) is 0 Å². The number of terminal acetylenes is 1. The molecule has 0 aliphatic rings. The summed E-state index contributed by atoms with van der Waals surface area (Å²) in [6.45, 7) is -0.0371. The van der Waals surface area contributed by atoms with Crippen LogP contribution in [0.15, 0.2) is 46.2 Å². The van der Waals surface area contributed by atoms with Crippen LogP contribution in [0.3, 0.4) is 0 Å². The molecule has 0 radical (unpaired) electrons. The zero-order valence-electron chi connectivity index (χ0n) is 12.8. The quantitative estimate of drug-likeness (QED) is 0.439. The van der Waals surface area contributed by atoms with Crippen LogP contribution < -0.4 is 11.2 Å². The first-order chi connectivity index (χ1) is 12.0. The number of para-hydroxylation sites is 1. The van der Waals surface area contributed by atoms with Gasteiger partial charge >= 0.3 is 5.69 Å². The average Bonchev–Trinajstić information content (AvgIpc) is 3.05. The third kappa shape index (κ3) is 3.39. The van der Waals surface area contributed by atoms with E-state index in [4.69, 9.17) is 6.42 Å². The van der Waals surface area contributed by atoms with E-state index in [1.54, 1.807) is 18.2 Å². The molecule has 0 bridgehead atoms. The van der Waals surface area contributed by atoms with Crippen molar-refractivity contribution in [1.29, 1.82) is 0 Å². The summed E-state index contributed by atoms with van der Waals surface area (Å²) in [5, 5.41) is 7.83. The standard InChI is InChI=1S/C16H11FIN5O2/c1-2-7-22-15(24)13(18)10-21(16(22)25)8-11-9-23(20-19-11)14-6-4-3-5-12(14)17/h1,3-6,9-10H,7-8H2. The van der Waals surface area contributed by atoms with Gasteiger partial charge in [-0.25, -0.2) is 18.4 Å². The molecule has 0 N–H and O–H groups in total. The van der Waals surface area contributed by atoms with Crippen LogP contribution in [0.1, 0.15) is 5.69 Å². The van der Waals surface area contributed by atoms with Crippen molar-refractivity contribution in [2.45, 2.75) is 13.1 Å². The predicted molar refractivity (Wildman–Crippen MR) is 96.9 cm³/mol. The summed E-state index contributed by atoms with van der Waals surface area (Å²) in [6.07, 6.45) is 8.16. The number of hydrogen-bond donors (Lipinski definition) is 0. The molecule has 0 saturated carbocycles. The summed E-state index contributed by atoms with van der Waals surface area (Å²) in [5.74, 6) is 1.85. The van der Waals surface area contributed by atoms with Gasteiger partial charge in [-0.15, -0.1) is 11.5 Å². The fraction of sp³-hybridized carbons (Fsp3) is 0.125. The lowest BCUT2D eigenvalue weighted by molar-refractivity contribution is 0.606. The normalized spacial score (nSPS) is 10.6. The zero-order chi connectivity index (χ0) is 18.0. The summed E-state index contributed by atoms with van der Waals surface area (Å²) in [7, 11) is 0. The number of benzene rings is 1. The van der Waals surface area contributed by atoms with E-state index >= 15 is 0 Å². The second-order valence-corrected chi connectivity index (χ2v) is 6.25. The van der Waals surface area contributed by atoms with Gasteiger partial charge in [0.2, 0.25) is 0 Å². The lowest BCUT2D eigenvalue weighted by Crippen LogP contribution is -2.40. The van der Waals surface area contributed by atoms with Crippen molar-refractivity contribution >= 4 is 22.6 Å². The van der Waals surface area contributed by atoms with Crippen molar-refractivity contribution in [3.05, 3.63) is 72.6 Å². The summed E-state index contributed by atoms with van der Waals surface area (Å²) in [5.41, 5.74) is -0.286. The first-order valence-electron chi connectivity index (χ1n) is 7.10. The highest BCUT2D eigenvalue weighted by molar-refractivity contribution is 14.1. The maximum absolute atomic E-state index is 13.8. The van der Waals surface area contributed by atoms with Crippen LogP contribution in [0.2, 0.25) is 0 Å². The summed E-state index contributed by atoms with van der Waals surface area (Å²) in [6, 6.07) is 6.14. The van der Waals surface area contributed by atoms with Crippen LogP contribution in [0.25, 0.3) is 5.69 Å². The Morgan fingerprint density at radius 3 is 2.72 bits per heavy atom. The summed E-state index contributed by atoms with van der Waals surface area (Å²) < 4.78 is 17.7. The second-order valence-electron chi connectivity index (χ2n) is 5.09. The molecule has 7 nitrogen and oxygen atoms in total. The van der Waals surface area contributed by atoms with Gasteiger partial charge in [-0.2, -0.15) is 0 Å². The molecule has 2 heterocycles. The highest BCUT2D eigenvalue weighted by Gasteiger charge is 2.12. The Hall–Kier alpha value is -2.74. The molecular weight excluding hydrogens is 440 g/mol. The van der Waals surface area contributed by atoms with Gasteiger partial charge in [0.25, 0.3) is 5.56 Å². The van der Waals surface area contributed by atoms with Gasteiger partial charge in [-0.3, -0.25) is 9.36 Å². The first kappa shape index (κ1) is 17.1. The molecule has 9 heteroatoms. The van der Waals surface area contributed by atoms with E-state index in [1.807, 2.05) is 22.6 Å². The lowest BCUT2D eigenvalue weighted by atomic mass is 10.3. The third-order valence-electron chi connectivity index (χ3n) is 3.42. The van der Waals surface area contributed by atoms with E-state index < -0.39 is 17.1 Å². The first-order valence-corrected chi connectivity index (χ1v) is 8.18. The van der Waals surface area contributed by atoms with Crippen molar-refractivity contribution in [3.8, 4) is 18.0 Å². The molecule has 25 heavy (non-hydrogen) atoms. The Bertz CT molecular complexity index is 1090. The van der Waals surface area contributed by atoms with Crippen LogP contribution in [0.5, 0.6) is 0 Å². The molecule has 3 aromatic rings. The van der Waals surface area contributed by atoms with Crippen LogP contribution in [0, 0.1) is 21.7 Å². The minimum atomic E-state index is -0.538. The van der Waals surface area contributed by atoms with E-state index in [9.17, 15) is 14.0 Å². The fourth-order valence-corrected chi connectivity index (χ4v) is 2.89. The van der Waals surface area contributed by atoms with Crippen molar-refractivity contribution < 1.29 is 4.39 Å². The monoisotopic (exact) mass is 451 g/mol. The van der Waals surface area contributed by atoms with Crippen LogP contribution in [0.4, 0.5) is 4.39 Å². The van der Waals surface area contributed by atoms with Gasteiger partial charge < -0.3 is 0 Å². The highest BCUT2D eigenvalue weighted by Crippen LogP contribution is 2.11. The molecule has 0 aliphatic heterocycles. The molecule has 126 valence electrons. The molecule has 1 aromatic carbocycles. The zero-order valence-corrected chi connectivity index (χ0v) is 14.9. The van der Waals surface area contributed by atoms with Gasteiger partial charge in [0, 0.05) is 6.20 Å². The lowest BCUT2D eigenvalue weighted by Gasteiger charge is -2.07. The maximum Gasteiger partial charge on any atom is 0.332 e. The Kier molecular flexibility index (Phi) is 4.80.